The van der Waals surface area contributed by atoms with E-state index in [-0.39, 0.29) is 24.6 Å². The summed E-state index contributed by atoms with van der Waals surface area (Å²) in [6.45, 7) is 2.22. The Labute approximate surface area is 133 Å². The number of hydrogen-bond acceptors (Lipinski definition) is 2. The second kappa shape index (κ2) is 7.69. The molecule has 0 radical (unpaired) electrons. The lowest BCUT2D eigenvalue weighted by Gasteiger charge is -2.24. The second-order valence-corrected chi connectivity index (χ2v) is 5.87. The van der Waals surface area contributed by atoms with E-state index >= 15 is 0 Å². The van der Waals surface area contributed by atoms with Crippen LogP contribution < -0.4 is 5.73 Å². The van der Waals surface area contributed by atoms with Crippen LogP contribution in [-0.4, -0.2) is 6.04 Å². The van der Waals surface area contributed by atoms with Gasteiger partial charge in [-0.15, -0.1) is 0 Å². The molecule has 2 aromatic rings. The van der Waals surface area contributed by atoms with Gasteiger partial charge in [-0.3, -0.25) is 0 Å². The summed E-state index contributed by atoms with van der Waals surface area (Å²) in [5.74, 6) is -0.254. The summed E-state index contributed by atoms with van der Waals surface area (Å²) in [6, 6.07) is 14.4. The predicted octanol–water partition coefficient (Wildman–Crippen LogP) is 4.58. The van der Waals surface area contributed by atoms with Crippen LogP contribution in [0, 0.1) is 5.82 Å². The van der Waals surface area contributed by atoms with Crippen LogP contribution in [0.25, 0.3) is 0 Å². The average Bonchev–Trinajstić information content (AvgIpc) is 2.49. The Hall–Kier alpha value is -1.23. The van der Waals surface area contributed by atoms with Crippen molar-refractivity contribution < 1.29 is 9.13 Å². The molecule has 4 heteroatoms. The van der Waals surface area contributed by atoms with Gasteiger partial charge in [-0.1, -0.05) is 53.2 Å². The van der Waals surface area contributed by atoms with Gasteiger partial charge in [0.2, 0.25) is 0 Å². The van der Waals surface area contributed by atoms with Gasteiger partial charge in [0.05, 0.1) is 12.7 Å². The molecule has 2 aromatic carbocycles. The van der Waals surface area contributed by atoms with Crippen LogP contribution in [0.3, 0.4) is 0 Å². The first-order valence-electron chi connectivity index (χ1n) is 6.98. The molecule has 0 fully saturated rings. The molecule has 2 unspecified atom stereocenters. The minimum atomic E-state index is -0.257. The van der Waals surface area contributed by atoms with E-state index in [1.54, 1.807) is 18.2 Å². The van der Waals surface area contributed by atoms with E-state index in [1.165, 1.54) is 6.07 Å². The number of hydrogen-bond donors (Lipinski definition) is 1. The third-order valence-electron chi connectivity index (χ3n) is 3.41. The van der Waals surface area contributed by atoms with Crippen molar-refractivity contribution in [1.82, 2.24) is 0 Å². The highest BCUT2D eigenvalue weighted by atomic mass is 79.9. The fourth-order valence-electron chi connectivity index (χ4n) is 2.16. The van der Waals surface area contributed by atoms with Gasteiger partial charge in [0, 0.05) is 16.1 Å². The molecule has 0 amide bonds. The molecule has 0 saturated carbocycles. The van der Waals surface area contributed by atoms with Crippen molar-refractivity contribution in [2.75, 3.05) is 0 Å². The van der Waals surface area contributed by atoms with E-state index in [0.717, 1.165) is 16.5 Å². The molecular weight excluding hydrogens is 333 g/mol. The Kier molecular flexibility index (Phi) is 5.91. The highest BCUT2D eigenvalue weighted by Gasteiger charge is 2.20. The molecule has 0 heterocycles. The molecule has 0 aliphatic rings. The maximum atomic E-state index is 13.7. The summed E-state index contributed by atoms with van der Waals surface area (Å²) in [7, 11) is 0. The molecule has 0 aromatic heterocycles. The van der Waals surface area contributed by atoms with Gasteiger partial charge < -0.3 is 10.5 Å². The highest BCUT2D eigenvalue weighted by molar-refractivity contribution is 9.10. The summed E-state index contributed by atoms with van der Waals surface area (Å²) in [5.41, 5.74) is 7.71. The van der Waals surface area contributed by atoms with E-state index in [0.29, 0.717) is 5.56 Å². The lowest BCUT2D eigenvalue weighted by atomic mass is 10.0. The molecule has 0 saturated heterocycles. The fraction of sp³-hybridized carbons (Fsp3) is 0.294. The first kappa shape index (κ1) is 16.1. The average molecular weight is 352 g/mol. The summed E-state index contributed by atoms with van der Waals surface area (Å²) in [5, 5.41) is 0. The van der Waals surface area contributed by atoms with Crippen LogP contribution in [0.5, 0.6) is 0 Å². The van der Waals surface area contributed by atoms with Gasteiger partial charge in [-0.25, -0.2) is 4.39 Å². The topological polar surface area (TPSA) is 35.2 Å². The first-order valence-corrected chi connectivity index (χ1v) is 7.77. The number of rotatable bonds is 6. The predicted molar refractivity (Wildman–Crippen MR) is 86.3 cm³/mol. The van der Waals surface area contributed by atoms with E-state index in [1.807, 2.05) is 31.2 Å². The van der Waals surface area contributed by atoms with Crippen LogP contribution in [0.2, 0.25) is 0 Å². The van der Waals surface area contributed by atoms with Gasteiger partial charge in [-0.05, 0) is 30.2 Å². The molecule has 2 atom stereocenters. The number of benzene rings is 2. The molecule has 0 aliphatic carbocycles. The fourth-order valence-corrected chi connectivity index (χ4v) is 2.58. The lowest BCUT2D eigenvalue weighted by molar-refractivity contribution is 0.0198. The van der Waals surface area contributed by atoms with Gasteiger partial charge in [0.15, 0.2) is 0 Å². The van der Waals surface area contributed by atoms with Crippen LogP contribution in [0.15, 0.2) is 53.0 Å². The minimum absolute atomic E-state index is 0.133. The summed E-state index contributed by atoms with van der Waals surface area (Å²) >= 11 is 3.45. The van der Waals surface area contributed by atoms with E-state index in [2.05, 4.69) is 15.9 Å². The number of ether oxygens (including phenoxy) is 1. The highest BCUT2D eigenvalue weighted by Crippen LogP contribution is 2.26. The van der Waals surface area contributed by atoms with Crippen LogP contribution in [0.4, 0.5) is 4.39 Å². The zero-order valence-electron chi connectivity index (χ0n) is 11.9. The van der Waals surface area contributed by atoms with Crippen molar-refractivity contribution in [1.29, 1.82) is 0 Å². The van der Waals surface area contributed by atoms with Crippen molar-refractivity contribution in [2.45, 2.75) is 32.1 Å². The molecule has 2 nitrogen and oxygen atoms in total. The maximum absolute atomic E-state index is 13.7. The monoisotopic (exact) mass is 351 g/mol. The van der Waals surface area contributed by atoms with Gasteiger partial charge >= 0.3 is 0 Å². The van der Waals surface area contributed by atoms with E-state index in [4.69, 9.17) is 10.5 Å². The van der Waals surface area contributed by atoms with Gasteiger partial charge in [0.1, 0.15) is 5.82 Å². The first-order chi connectivity index (χ1) is 10.1. The van der Waals surface area contributed by atoms with Crippen molar-refractivity contribution in [2.24, 2.45) is 5.73 Å². The summed E-state index contributed by atoms with van der Waals surface area (Å²) in [4.78, 5) is 0. The molecule has 112 valence electrons. The normalized spacial score (nSPS) is 13.9. The SMILES string of the molecule is CCC(N)C(OCc1ccccc1F)c1cccc(Br)c1. The molecule has 0 aliphatic heterocycles. The van der Waals surface area contributed by atoms with Crippen LogP contribution in [0.1, 0.15) is 30.6 Å². The van der Waals surface area contributed by atoms with E-state index in [9.17, 15) is 4.39 Å². The van der Waals surface area contributed by atoms with Gasteiger partial charge in [0.25, 0.3) is 0 Å². The third-order valence-corrected chi connectivity index (χ3v) is 3.91. The lowest BCUT2D eigenvalue weighted by Crippen LogP contribution is -2.29. The Morgan fingerprint density at radius 2 is 1.95 bits per heavy atom. The molecule has 21 heavy (non-hydrogen) atoms. The third kappa shape index (κ3) is 4.37. The van der Waals surface area contributed by atoms with Crippen molar-refractivity contribution in [3.05, 3.63) is 69.9 Å². The zero-order chi connectivity index (χ0) is 15.2. The molecular formula is C17H19BrFNO. The van der Waals surface area contributed by atoms with E-state index < -0.39 is 0 Å². The Balaban J connectivity index is 2.16. The summed E-state index contributed by atoms with van der Waals surface area (Å²) < 4.78 is 20.6. The maximum Gasteiger partial charge on any atom is 0.128 e. The molecule has 2 N–H and O–H groups in total. The van der Waals surface area contributed by atoms with Gasteiger partial charge in [-0.2, -0.15) is 0 Å². The second-order valence-electron chi connectivity index (χ2n) is 4.95. The van der Waals surface area contributed by atoms with Crippen molar-refractivity contribution in [3.63, 3.8) is 0 Å². The zero-order valence-corrected chi connectivity index (χ0v) is 13.5. The molecule has 2 rings (SSSR count). The standard InChI is InChI=1S/C17H19BrFNO/c1-2-16(20)17(12-7-5-8-14(18)10-12)21-11-13-6-3-4-9-15(13)19/h3-10,16-17H,2,11,20H2,1H3. The number of halogens is 2. The van der Waals surface area contributed by atoms with Crippen molar-refractivity contribution >= 4 is 15.9 Å². The Morgan fingerprint density at radius 3 is 2.62 bits per heavy atom. The Bertz CT molecular complexity index is 591. The molecule has 0 spiro atoms. The smallest absolute Gasteiger partial charge is 0.128 e. The van der Waals surface area contributed by atoms with Crippen LogP contribution in [-0.2, 0) is 11.3 Å². The number of nitrogens with two attached hydrogens (primary N) is 1. The van der Waals surface area contributed by atoms with Crippen LogP contribution >= 0.6 is 15.9 Å². The Morgan fingerprint density at radius 1 is 1.19 bits per heavy atom. The summed E-state index contributed by atoms with van der Waals surface area (Å²) in [6.07, 6.45) is 0.529. The minimum Gasteiger partial charge on any atom is -0.367 e. The quantitative estimate of drug-likeness (QED) is 0.826. The largest absolute Gasteiger partial charge is 0.367 e. The van der Waals surface area contributed by atoms with Crippen molar-refractivity contribution in [3.8, 4) is 0 Å². The molecule has 0 bridgehead atoms.